The first-order valence-corrected chi connectivity index (χ1v) is 9.97. The molecule has 3 nitrogen and oxygen atoms in total. The Morgan fingerprint density at radius 1 is 1.36 bits per heavy atom. The first kappa shape index (κ1) is 17.5. The van der Waals surface area contributed by atoms with E-state index >= 15 is 0 Å². The van der Waals surface area contributed by atoms with Crippen LogP contribution in [0.4, 0.5) is 0 Å². The highest BCUT2D eigenvalue weighted by Gasteiger charge is 2.59. The van der Waals surface area contributed by atoms with Gasteiger partial charge in [-0.05, 0) is 49.5 Å². The number of ketones is 2. The minimum Gasteiger partial charge on any atom is -0.389 e. The molecule has 25 heavy (non-hydrogen) atoms. The van der Waals surface area contributed by atoms with Gasteiger partial charge in [0, 0.05) is 29.0 Å². The van der Waals surface area contributed by atoms with Crippen molar-refractivity contribution in [2.75, 3.05) is 6.61 Å². The van der Waals surface area contributed by atoms with Gasteiger partial charge >= 0.3 is 0 Å². The summed E-state index contributed by atoms with van der Waals surface area (Å²) in [5, 5.41) is 9.36. The van der Waals surface area contributed by atoms with Crippen LogP contribution in [0.1, 0.15) is 52.4 Å². The van der Waals surface area contributed by atoms with E-state index in [0.717, 1.165) is 32.1 Å². The first-order valence-electron chi connectivity index (χ1n) is 9.53. The number of aliphatic hydroxyl groups excluding tert-OH is 1. The van der Waals surface area contributed by atoms with Crippen molar-refractivity contribution in [1.82, 2.24) is 0 Å². The van der Waals surface area contributed by atoms with Crippen LogP contribution in [0.2, 0.25) is 0 Å². The van der Waals surface area contributed by atoms with Gasteiger partial charge in [-0.2, -0.15) is 0 Å². The summed E-state index contributed by atoms with van der Waals surface area (Å²) in [7, 11) is 0. The molecule has 0 bridgehead atoms. The van der Waals surface area contributed by atoms with E-state index in [2.05, 4.69) is 19.9 Å². The maximum absolute atomic E-state index is 12.3. The molecule has 4 heteroatoms. The number of halogens is 1. The van der Waals surface area contributed by atoms with E-state index in [1.807, 2.05) is 6.08 Å². The van der Waals surface area contributed by atoms with Crippen LogP contribution < -0.4 is 0 Å². The summed E-state index contributed by atoms with van der Waals surface area (Å²) in [5.74, 6) is 0.838. The standard InChI is InChI=1S/C21H27ClO3/c1-20-7-5-13(24)9-12(20)10-17(22)19-15-4-3-14(18(25)11-23)21(15,2)8-6-16(19)20/h6,9,14-15,17,19,23H,3-5,7-8,10-11H2,1-2H3. The van der Waals surface area contributed by atoms with Gasteiger partial charge < -0.3 is 5.11 Å². The van der Waals surface area contributed by atoms with Crippen LogP contribution >= 0.6 is 11.6 Å². The van der Waals surface area contributed by atoms with E-state index in [1.54, 1.807) is 0 Å². The number of carbonyl (C=O) groups is 2. The molecule has 0 aromatic carbocycles. The Morgan fingerprint density at radius 3 is 2.84 bits per heavy atom. The van der Waals surface area contributed by atoms with Gasteiger partial charge in [0.25, 0.3) is 0 Å². The fourth-order valence-corrected chi connectivity index (χ4v) is 6.90. The van der Waals surface area contributed by atoms with E-state index in [9.17, 15) is 14.7 Å². The second-order valence-corrected chi connectivity index (χ2v) is 9.50. The number of hydrogen-bond acceptors (Lipinski definition) is 3. The van der Waals surface area contributed by atoms with E-state index in [0.29, 0.717) is 12.3 Å². The smallest absolute Gasteiger partial charge is 0.161 e. The van der Waals surface area contributed by atoms with Crippen LogP contribution in [-0.2, 0) is 9.59 Å². The lowest BCUT2D eigenvalue weighted by molar-refractivity contribution is -0.129. The molecule has 136 valence electrons. The topological polar surface area (TPSA) is 54.4 Å². The molecule has 0 heterocycles. The number of Topliss-reactive ketones (excluding diaryl/α,β-unsaturated/α-hetero) is 1. The van der Waals surface area contributed by atoms with E-state index in [-0.39, 0.29) is 46.2 Å². The highest BCUT2D eigenvalue weighted by Crippen LogP contribution is 2.65. The van der Waals surface area contributed by atoms with Crippen molar-refractivity contribution in [1.29, 1.82) is 0 Å². The van der Waals surface area contributed by atoms with Gasteiger partial charge in [0.15, 0.2) is 11.6 Å². The third kappa shape index (κ3) is 2.35. The molecule has 6 unspecified atom stereocenters. The van der Waals surface area contributed by atoms with Crippen molar-refractivity contribution < 1.29 is 14.7 Å². The Balaban J connectivity index is 1.76. The predicted octanol–water partition coefficient (Wildman–Crippen LogP) is 3.83. The number of alkyl halides is 1. The molecular weight excluding hydrogens is 336 g/mol. The van der Waals surface area contributed by atoms with Crippen molar-refractivity contribution in [3.8, 4) is 0 Å². The summed E-state index contributed by atoms with van der Waals surface area (Å²) in [6.07, 6.45) is 9.19. The minimum atomic E-state index is -0.356. The Labute approximate surface area is 154 Å². The van der Waals surface area contributed by atoms with Crippen LogP contribution in [0, 0.1) is 28.6 Å². The normalized spacial score (nSPS) is 45.8. The van der Waals surface area contributed by atoms with Gasteiger partial charge in [-0.15, -0.1) is 11.6 Å². The third-order valence-electron chi connectivity index (χ3n) is 7.87. The molecule has 2 saturated carbocycles. The molecule has 1 N–H and O–H groups in total. The monoisotopic (exact) mass is 362 g/mol. The molecule has 4 aliphatic rings. The lowest BCUT2D eigenvalue weighted by atomic mass is 9.51. The molecule has 0 spiro atoms. The van der Waals surface area contributed by atoms with Crippen LogP contribution in [0.25, 0.3) is 0 Å². The maximum atomic E-state index is 12.3. The van der Waals surface area contributed by atoms with Crippen molar-refractivity contribution in [3.05, 3.63) is 23.3 Å². The lowest BCUT2D eigenvalue weighted by Crippen LogP contribution is -2.49. The summed E-state index contributed by atoms with van der Waals surface area (Å²) < 4.78 is 0. The second-order valence-electron chi connectivity index (χ2n) is 8.94. The molecule has 2 fully saturated rings. The summed E-state index contributed by atoms with van der Waals surface area (Å²) in [4.78, 5) is 24.2. The molecule has 6 atom stereocenters. The van der Waals surface area contributed by atoms with Crippen molar-refractivity contribution in [2.24, 2.45) is 28.6 Å². The number of aliphatic hydroxyl groups is 1. The first-order chi connectivity index (χ1) is 11.8. The highest BCUT2D eigenvalue weighted by atomic mass is 35.5. The zero-order chi connectivity index (χ0) is 18.0. The summed E-state index contributed by atoms with van der Waals surface area (Å²) in [6.45, 7) is 4.14. The summed E-state index contributed by atoms with van der Waals surface area (Å²) in [6, 6.07) is 0. The molecule has 0 aromatic heterocycles. The Morgan fingerprint density at radius 2 is 2.12 bits per heavy atom. The minimum absolute atomic E-state index is 0.0101. The predicted molar refractivity (Wildman–Crippen MR) is 97.3 cm³/mol. The Hall–Kier alpha value is -0.930. The lowest BCUT2D eigenvalue weighted by Gasteiger charge is -2.55. The Bertz CT molecular complexity index is 693. The second kappa shape index (κ2) is 5.79. The summed E-state index contributed by atoms with van der Waals surface area (Å²) in [5.41, 5.74) is 2.49. The Kier molecular flexibility index (Phi) is 4.05. The van der Waals surface area contributed by atoms with Gasteiger partial charge in [0.1, 0.15) is 6.61 Å². The number of carbonyl (C=O) groups excluding carboxylic acids is 2. The molecule has 0 aliphatic heterocycles. The van der Waals surface area contributed by atoms with Gasteiger partial charge in [-0.25, -0.2) is 0 Å². The molecule has 0 amide bonds. The van der Waals surface area contributed by atoms with E-state index in [4.69, 9.17) is 11.6 Å². The molecule has 4 aliphatic carbocycles. The molecule has 0 saturated heterocycles. The van der Waals surface area contributed by atoms with E-state index in [1.165, 1.54) is 11.1 Å². The number of allylic oxidation sites excluding steroid dienone is 4. The number of rotatable bonds is 2. The quantitative estimate of drug-likeness (QED) is 0.600. The zero-order valence-electron chi connectivity index (χ0n) is 15.1. The fourth-order valence-electron chi connectivity index (χ4n) is 6.42. The number of fused-ring (bicyclic) bond motifs is 5. The third-order valence-corrected chi connectivity index (χ3v) is 8.29. The average Bonchev–Trinajstić information content (AvgIpc) is 2.93. The van der Waals surface area contributed by atoms with Crippen LogP contribution in [-0.4, -0.2) is 28.7 Å². The van der Waals surface area contributed by atoms with E-state index < -0.39 is 0 Å². The zero-order valence-corrected chi connectivity index (χ0v) is 15.8. The fraction of sp³-hybridized carbons (Fsp3) is 0.714. The molecule has 0 radical (unpaired) electrons. The van der Waals surface area contributed by atoms with Gasteiger partial charge in [-0.3, -0.25) is 9.59 Å². The van der Waals surface area contributed by atoms with Crippen molar-refractivity contribution in [3.63, 3.8) is 0 Å². The van der Waals surface area contributed by atoms with Gasteiger partial charge in [0.05, 0.1) is 0 Å². The summed E-state index contributed by atoms with van der Waals surface area (Å²) >= 11 is 6.88. The average molecular weight is 363 g/mol. The van der Waals surface area contributed by atoms with Crippen molar-refractivity contribution >= 4 is 23.2 Å². The van der Waals surface area contributed by atoms with Crippen LogP contribution in [0.5, 0.6) is 0 Å². The maximum Gasteiger partial charge on any atom is 0.161 e. The van der Waals surface area contributed by atoms with Crippen molar-refractivity contribution in [2.45, 2.75) is 57.7 Å². The molecule has 0 aromatic rings. The highest BCUT2D eigenvalue weighted by molar-refractivity contribution is 6.21. The molecular formula is C21H27ClO3. The van der Waals surface area contributed by atoms with Crippen LogP contribution in [0.3, 0.4) is 0 Å². The largest absolute Gasteiger partial charge is 0.389 e. The van der Waals surface area contributed by atoms with Gasteiger partial charge in [-0.1, -0.05) is 31.1 Å². The SMILES string of the molecule is CC12CCC(=O)C=C1CC(Cl)C1C2=CCC2(C)C(C(=O)CO)CCC12. The number of hydrogen-bond donors (Lipinski definition) is 1. The van der Waals surface area contributed by atoms with Crippen LogP contribution in [0.15, 0.2) is 23.3 Å². The molecule has 4 rings (SSSR count). The van der Waals surface area contributed by atoms with Gasteiger partial charge in [0.2, 0.25) is 0 Å².